The molecule has 1 spiro atoms. The number of furan rings is 1. The number of rotatable bonds is 2. The molecule has 104 valence electrons. The molecule has 2 aliphatic rings. The molecule has 2 aliphatic heterocycles. The van der Waals surface area contributed by atoms with E-state index in [1.165, 1.54) is 5.56 Å². The number of hydrogen-bond acceptors (Lipinski definition) is 4. The van der Waals surface area contributed by atoms with Crippen LogP contribution in [0.1, 0.15) is 24.8 Å². The lowest BCUT2D eigenvalue weighted by Gasteiger charge is -2.40. The molecule has 19 heavy (non-hydrogen) atoms. The van der Waals surface area contributed by atoms with Crippen LogP contribution in [0.4, 0.5) is 0 Å². The van der Waals surface area contributed by atoms with E-state index in [0.717, 1.165) is 32.5 Å². The SMILES string of the molecule is O=C1CC2(CCN(Cc3ccoc3)CC2)OCCN1. The Hall–Kier alpha value is -1.33. The van der Waals surface area contributed by atoms with Crippen molar-refractivity contribution in [2.45, 2.75) is 31.4 Å². The van der Waals surface area contributed by atoms with Gasteiger partial charge >= 0.3 is 0 Å². The molecule has 0 unspecified atom stereocenters. The topological polar surface area (TPSA) is 54.7 Å². The number of amides is 1. The largest absolute Gasteiger partial charge is 0.472 e. The Morgan fingerprint density at radius 1 is 1.37 bits per heavy atom. The average Bonchev–Trinajstić information content (AvgIpc) is 2.84. The first-order valence-corrected chi connectivity index (χ1v) is 6.90. The lowest BCUT2D eigenvalue weighted by molar-refractivity contribution is -0.128. The molecule has 2 fully saturated rings. The third-order valence-corrected chi connectivity index (χ3v) is 4.07. The van der Waals surface area contributed by atoms with Gasteiger partial charge in [0.25, 0.3) is 0 Å². The van der Waals surface area contributed by atoms with Gasteiger partial charge in [0, 0.05) is 31.7 Å². The molecule has 0 radical (unpaired) electrons. The van der Waals surface area contributed by atoms with Gasteiger partial charge in [-0.1, -0.05) is 0 Å². The number of carbonyl (C=O) groups excluding carboxylic acids is 1. The molecule has 0 aromatic carbocycles. The maximum absolute atomic E-state index is 11.7. The first-order valence-electron chi connectivity index (χ1n) is 6.90. The minimum Gasteiger partial charge on any atom is -0.472 e. The molecule has 1 N–H and O–H groups in total. The lowest BCUT2D eigenvalue weighted by atomic mass is 9.87. The Morgan fingerprint density at radius 2 is 2.21 bits per heavy atom. The van der Waals surface area contributed by atoms with Crippen molar-refractivity contribution in [2.24, 2.45) is 0 Å². The predicted molar refractivity (Wildman–Crippen MR) is 69.5 cm³/mol. The highest BCUT2D eigenvalue weighted by molar-refractivity contribution is 5.77. The van der Waals surface area contributed by atoms with Gasteiger partial charge in [0.1, 0.15) is 0 Å². The van der Waals surface area contributed by atoms with Gasteiger partial charge in [-0.15, -0.1) is 0 Å². The van der Waals surface area contributed by atoms with Gasteiger partial charge < -0.3 is 14.5 Å². The smallest absolute Gasteiger partial charge is 0.222 e. The number of nitrogens with one attached hydrogen (secondary N) is 1. The average molecular weight is 264 g/mol. The van der Waals surface area contributed by atoms with Crippen LogP contribution in [0, 0.1) is 0 Å². The number of carbonyl (C=O) groups is 1. The number of nitrogens with zero attached hydrogens (tertiary/aromatic N) is 1. The third-order valence-electron chi connectivity index (χ3n) is 4.07. The van der Waals surface area contributed by atoms with Gasteiger partial charge in [-0.25, -0.2) is 0 Å². The van der Waals surface area contributed by atoms with Gasteiger partial charge in [-0.05, 0) is 18.9 Å². The molecule has 1 aromatic heterocycles. The van der Waals surface area contributed by atoms with Crippen molar-refractivity contribution < 1.29 is 13.9 Å². The van der Waals surface area contributed by atoms with Gasteiger partial charge in [0.15, 0.2) is 0 Å². The molecular weight excluding hydrogens is 244 g/mol. The van der Waals surface area contributed by atoms with Crippen LogP contribution in [-0.4, -0.2) is 42.6 Å². The maximum Gasteiger partial charge on any atom is 0.222 e. The predicted octanol–water partition coefficient (Wildman–Crippen LogP) is 1.15. The van der Waals surface area contributed by atoms with Crippen LogP contribution in [0.2, 0.25) is 0 Å². The zero-order valence-electron chi connectivity index (χ0n) is 11.1. The normalized spacial score (nSPS) is 24.1. The number of likely N-dealkylation sites (tertiary alicyclic amines) is 1. The summed E-state index contributed by atoms with van der Waals surface area (Å²) >= 11 is 0. The van der Waals surface area contributed by atoms with Gasteiger partial charge in [0.2, 0.25) is 5.91 Å². The van der Waals surface area contributed by atoms with E-state index in [-0.39, 0.29) is 11.5 Å². The van der Waals surface area contributed by atoms with Crippen LogP contribution in [0.25, 0.3) is 0 Å². The van der Waals surface area contributed by atoms with Crippen LogP contribution >= 0.6 is 0 Å². The first-order chi connectivity index (χ1) is 9.26. The van der Waals surface area contributed by atoms with Crippen molar-refractivity contribution in [2.75, 3.05) is 26.2 Å². The van der Waals surface area contributed by atoms with E-state index in [2.05, 4.69) is 10.2 Å². The number of hydrogen-bond donors (Lipinski definition) is 1. The van der Waals surface area contributed by atoms with Crippen molar-refractivity contribution >= 4 is 5.91 Å². The van der Waals surface area contributed by atoms with Crippen LogP contribution in [0.5, 0.6) is 0 Å². The molecule has 3 rings (SSSR count). The minimum absolute atomic E-state index is 0.126. The zero-order chi connectivity index (χ0) is 13.1. The van der Waals surface area contributed by atoms with Gasteiger partial charge in [0.05, 0.1) is 31.2 Å². The highest BCUT2D eigenvalue weighted by Gasteiger charge is 2.38. The highest BCUT2D eigenvalue weighted by Crippen LogP contribution is 2.31. The Labute approximate surface area is 112 Å². The summed E-state index contributed by atoms with van der Waals surface area (Å²) in [5.74, 6) is 0.126. The molecule has 5 heteroatoms. The maximum atomic E-state index is 11.7. The Bertz CT molecular complexity index is 422. The second-order valence-corrected chi connectivity index (χ2v) is 5.47. The van der Waals surface area contributed by atoms with E-state index in [1.54, 1.807) is 12.5 Å². The van der Waals surface area contributed by atoms with Crippen molar-refractivity contribution in [3.8, 4) is 0 Å². The molecule has 0 aliphatic carbocycles. The first kappa shape index (κ1) is 12.7. The van der Waals surface area contributed by atoms with Crippen LogP contribution < -0.4 is 5.32 Å². The summed E-state index contributed by atoms with van der Waals surface area (Å²) in [6.07, 6.45) is 5.86. The van der Waals surface area contributed by atoms with Gasteiger partial charge in [-0.3, -0.25) is 9.69 Å². The molecular formula is C14H20N2O3. The van der Waals surface area contributed by atoms with Crippen molar-refractivity contribution in [3.63, 3.8) is 0 Å². The summed E-state index contributed by atoms with van der Waals surface area (Å²) in [5.41, 5.74) is 0.975. The second-order valence-electron chi connectivity index (χ2n) is 5.47. The summed E-state index contributed by atoms with van der Waals surface area (Å²) in [5, 5.41) is 2.87. The fraction of sp³-hybridized carbons (Fsp3) is 0.643. The minimum atomic E-state index is -0.229. The summed E-state index contributed by atoms with van der Waals surface area (Å²) < 4.78 is 11.0. The second kappa shape index (κ2) is 5.35. The number of ether oxygens (including phenoxy) is 1. The molecule has 2 saturated heterocycles. The number of piperidine rings is 1. The van der Waals surface area contributed by atoms with E-state index >= 15 is 0 Å². The molecule has 0 bridgehead atoms. The molecule has 3 heterocycles. The van der Waals surface area contributed by atoms with E-state index in [4.69, 9.17) is 9.15 Å². The summed E-state index contributed by atoms with van der Waals surface area (Å²) in [6, 6.07) is 2.00. The Morgan fingerprint density at radius 3 is 2.95 bits per heavy atom. The fourth-order valence-electron chi connectivity index (χ4n) is 2.94. The standard InChI is InChI=1S/C14H20N2O3/c17-13-9-14(19-8-4-15-13)2-5-16(6-3-14)10-12-1-7-18-11-12/h1,7,11H,2-6,8-10H2,(H,15,17). The van der Waals surface area contributed by atoms with Gasteiger partial charge in [-0.2, -0.15) is 0 Å². The van der Waals surface area contributed by atoms with E-state index in [0.29, 0.717) is 19.6 Å². The summed E-state index contributed by atoms with van der Waals surface area (Å²) in [4.78, 5) is 14.1. The summed E-state index contributed by atoms with van der Waals surface area (Å²) in [6.45, 7) is 4.13. The molecule has 5 nitrogen and oxygen atoms in total. The highest BCUT2D eigenvalue weighted by atomic mass is 16.5. The third kappa shape index (κ3) is 2.98. The molecule has 0 saturated carbocycles. The summed E-state index contributed by atoms with van der Waals surface area (Å²) in [7, 11) is 0. The molecule has 1 amide bonds. The van der Waals surface area contributed by atoms with Crippen LogP contribution in [0.3, 0.4) is 0 Å². The van der Waals surface area contributed by atoms with Crippen molar-refractivity contribution in [3.05, 3.63) is 24.2 Å². The van der Waals surface area contributed by atoms with Crippen LogP contribution in [-0.2, 0) is 16.1 Å². The quantitative estimate of drug-likeness (QED) is 0.870. The Balaban J connectivity index is 1.57. The lowest BCUT2D eigenvalue weighted by Crippen LogP contribution is -2.46. The monoisotopic (exact) mass is 264 g/mol. The molecule has 1 aromatic rings. The fourth-order valence-corrected chi connectivity index (χ4v) is 2.94. The van der Waals surface area contributed by atoms with E-state index in [1.807, 2.05) is 6.07 Å². The van der Waals surface area contributed by atoms with E-state index < -0.39 is 0 Å². The van der Waals surface area contributed by atoms with Crippen molar-refractivity contribution in [1.29, 1.82) is 0 Å². The van der Waals surface area contributed by atoms with Crippen LogP contribution in [0.15, 0.2) is 23.0 Å². The zero-order valence-corrected chi connectivity index (χ0v) is 11.1. The van der Waals surface area contributed by atoms with E-state index in [9.17, 15) is 4.79 Å². The van der Waals surface area contributed by atoms with Crippen molar-refractivity contribution in [1.82, 2.24) is 10.2 Å². The molecule has 0 atom stereocenters. The Kier molecular flexibility index (Phi) is 3.57.